The Morgan fingerprint density at radius 3 is 1.78 bits per heavy atom. The Morgan fingerprint density at radius 1 is 0.689 bits per heavy atom. The van der Waals surface area contributed by atoms with Gasteiger partial charge in [0.15, 0.2) is 11.6 Å². The van der Waals surface area contributed by atoms with E-state index in [-0.39, 0.29) is 24.7 Å². The number of morpholine rings is 2. The SMILES string of the molecule is CN1C(=O)CO[C@@H]2CN(c3ccn(Cc4ccccc4)n3)C[C@@H]21.CN1CCO[C@@H]2CN(c3ccn(Cc4ccccc4)n3)C[C@@H]21. The highest BCUT2D eigenvalue weighted by molar-refractivity contribution is 5.78. The van der Waals surface area contributed by atoms with Gasteiger partial charge in [-0.1, -0.05) is 60.7 Å². The molecule has 4 aromatic rings. The lowest BCUT2D eigenvalue weighted by atomic mass is 10.1. The van der Waals surface area contributed by atoms with Crippen molar-refractivity contribution in [3.63, 3.8) is 0 Å². The van der Waals surface area contributed by atoms with Crippen molar-refractivity contribution < 1.29 is 14.3 Å². The van der Waals surface area contributed by atoms with Crippen LogP contribution in [0.25, 0.3) is 0 Å². The molecule has 4 atom stereocenters. The number of hydrogen-bond donors (Lipinski definition) is 0. The van der Waals surface area contributed by atoms with E-state index in [0.29, 0.717) is 12.1 Å². The lowest BCUT2D eigenvalue weighted by Gasteiger charge is -2.33. The topological polar surface area (TPSA) is 84.1 Å². The van der Waals surface area contributed by atoms with Crippen molar-refractivity contribution in [1.82, 2.24) is 29.4 Å². The third-order valence-corrected chi connectivity index (χ3v) is 9.40. The van der Waals surface area contributed by atoms with Crippen LogP contribution in [0.1, 0.15) is 11.1 Å². The maximum atomic E-state index is 11.7. The molecule has 4 saturated heterocycles. The maximum Gasteiger partial charge on any atom is 0.248 e. The molecule has 0 unspecified atom stereocenters. The highest BCUT2D eigenvalue weighted by atomic mass is 16.5. The molecule has 4 aliphatic rings. The molecule has 0 saturated carbocycles. The fourth-order valence-corrected chi connectivity index (χ4v) is 6.75. The smallest absolute Gasteiger partial charge is 0.248 e. The summed E-state index contributed by atoms with van der Waals surface area (Å²) in [6.45, 7) is 7.13. The molecule has 2 aromatic carbocycles. The molecule has 6 heterocycles. The van der Waals surface area contributed by atoms with Crippen LogP contribution in [0.15, 0.2) is 85.2 Å². The first-order valence-electron chi connectivity index (χ1n) is 15.8. The zero-order valence-electron chi connectivity index (χ0n) is 26.1. The van der Waals surface area contributed by atoms with Crippen LogP contribution in [0.2, 0.25) is 0 Å². The Kier molecular flexibility index (Phi) is 8.55. The van der Waals surface area contributed by atoms with Gasteiger partial charge in [0.05, 0.1) is 44.0 Å². The van der Waals surface area contributed by atoms with Gasteiger partial charge in [0.2, 0.25) is 5.91 Å². The zero-order valence-corrected chi connectivity index (χ0v) is 26.1. The number of nitrogens with zero attached hydrogens (tertiary/aromatic N) is 8. The standard InChI is InChI=1S/C17H20N4O2.C17H22N4O/c1-19-14-10-20(11-15(14)23-12-17(19)22)16-7-8-21(18-16)9-13-5-3-2-4-6-13;1-19-9-10-22-16-13-20(12-15(16)19)17-7-8-21(18-17)11-14-5-3-2-4-6-14/h2-8,14-15H,9-12H2,1H3;2-8,15-16H,9-13H2,1H3/t14-,15+;15-,16+/m00/s1. The maximum absolute atomic E-state index is 11.7. The molecule has 0 aliphatic carbocycles. The predicted molar refractivity (Wildman–Crippen MR) is 172 cm³/mol. The van der Waals surface area contributed by atoms with E-state index in [9.17, 15) is 4.79 Å². The summed E-state index contributed by atoms with van der Waals surface area (Å²) < 4.78 is 15.5. The summed E-state index contributed by atoms with van der Waals surface area (Å²) in [7, 11) is 4.05. The van der Waals surface area contributed by atoms with E-state index in [4.69, 9.17) is 14.6 Å². The fourth-order valence-electron chi connectivity index (χ4n) is 6.75. The molecule has 2 aromatic heterocycles. The zero-order chi connectivity index (χ0) is 30.8. The molecule has 11 nitrogen and oxygen atoms in total. The van der Waals surface area contributed by atoms with Crippen molar-refractivity contribution in [2.24, 2.45) is 0 Å². The molecule has 4 aliphatic heterocycles. The largest absolute Gasteiger partial charge is 0.373 e. The number of likely N-dealkylation sites (N-methyl/N-ethyl adjacent to an activating group) is 2. The molecule has 236 valence electrons. The normalized spacial score (nSPS) is 24.8. The van der Waals surface area contributed by atoms with Gasteiger partial charge in [-0.15, -0.1) is 0 Å². The number of hydrogen-bond acceptors (Lipinski definition) is 8. The number of amides is 1. The molecule has 0 N–H and O–H groups in total. The summed E-state index contributed by atoms with van der Waals surface area (Å²) in [5.41, 5.74) is 2.50. The van der Waals surface area contributed by atoms with Gasteiger partial charge < -0.3 is 24.2 Å². The Morgan fingerprint density at radius 2 is 1.22 bits per heavy atom. The van der Waals surface area contributed by atoms with Crippen molar-refractivity contribution in [3.8, 4) is 0 Å². The Hall–Kier alpha value is -4.19. The van der Waals surface area contributed by atoms with Crippen LogP contribution < -0.4 is 9.80 Å². The van der Waals surface area contributed by atoms with Gasteiger partial charge in [0, 0.05) is 64.3 Å². The first kappa shape index (κ1) is 29.5. The average Bonchev–Trinajstić information content (AvgIpc) is 3.87. The summed E-state index contributed by atoms with van der Waals surface area (Å²) in [5.74, 6) is 2.06. The second-order valence-corrected chi connectivity index (χ2v) is 12.4. The Bertz CT molecular complexity index is 1560. The minimum absolute atomic E-state index is 0.0581. The minimum Gasteiger partial charge on any atom is -0.373 e. The van der Waals surface area contributed by atoms with Gasteiger partial charge in [-0.05, 0) is 18.2 Å². The summed E-state index contributed by atoms with van der Waals surface area (Å²) in [6.07, 6.45) is 4.46. The summed E-state index contributed by atoms with van der Waals surface area (Å²) in [6, 6.07) is 25.5. The molecule has 0 bridgehead atoms. The van der Waals surface area contributed by atoms with Crippen LogP contribution in [0.5, 0.6) is 0 Å². The van der Waals surface area contributed by atoms with E-state index in [1.807, 2.05) is 57.8 Å². The van der Waals surface area contributed by atoms with Crippen LogP contribution in [0, 0.1) is 0 Å². The van der Waals surface area contributed by atoms with E-state index in [0.717, 1.165) is 64.1 Å². The lowest BCUT2D eigenvalue weighted by molar-refractivity contribution is -0.150. The first-order chi connectivity index (χ1) is 22.0. The Labute approximate surface area is 264 Å². The third-order valence-electron chi connectivity index (χ3n) is 9.40. The van der Waals surface area contributed by atoms with E-state index in [1.165, 1.54) is 11.1 Å². The van der Waals surface area contributed by atoms with Crippen molar-refractivity contribution in [1.29, 1.82) is 0 Å². The number of benzene rings is 2. The van der Waals surface area contributed by atoms with Crippen molar-refractivity contribution >= 4 is 17.5 Å². The molecule has 1 amide bonds. The Balaban J connectivity index is 0.000000145. The lowest BCUT2D eigenvalue weighted by Crippen LogP contribution is -2.51. The molecule has 4 fully saturated rings. The van der Waals surface area contributed by atoms with Crippen LogP contribution in [0.4, 0.5) is 11.6 Å². The monoisotopic (exact) mass is 610 g/mol. The van der Waals surface area contributed by atoms with Crippen LogP contribution >= 0.6 is 0 Å². The molecular formula is C34H42N8O3. The number of anilines is 2. The first-order valence-corrected chi connectivity index (χ1v) is 15.8. The number of fused-ring (bicyclic) bond motifs is 2. The van der Waals surface area contributed by atoms with Crippen LogP contribution in [0.3, 0.4) is 0 Å². The van der Waals surface area contributed by atoms with E-state index >= 15 is 0 Å². The summed E-state index contributed by atoms with van der Waals surface area (Å²) >= 11 is 0. The second-order valence-electron chi connectivity index (χ2n) is 12.4. The van der Waals surface area contributed by atoms with Crippen LogP contribution in [-0.2, 0) is 27.4 Å². The number of rotatable bonds is 6. The molecule has 45 heavy (non-hydrogen) atoms. The quantitative estimate of drug-likeness (QED) is 0.329. The summed E-state index contributed by atoms with van der Waals surface area (Å²) in [5, 5.41) is 9.41. The van der Waals surface area contributed by atoms with Crippen molar-refractivity contribution in [2.75, 3.05) is 69.8 Å². The number of carbonyl (C=O) groups is 1. The predicted octanol–water partition coefficient (Wildman–Crippen LogP) is 2.43. The molecule has 0 radical (unpaired) electrons. The van der Waals surface area contributed by atoms with Gasteiger partial charge in [0.1, 0.15) is 6.61 Å². The van der Waals surface area contributed by atoms with Gasteiger partial charge in [0.25, 0.3) is 0 Å². The number of aromatic nitrogens is 4. The molecular weight excluding hydrogens is 568 g/mol. The van der Waals surface area contributed by atoms with E-state index in [2.05, 4.69) is 75.5 Å². The van der Waals surface area contributed by atoms with E-state index in [1.54, 1.807) is 0 Å². The minimum atomic E-state index is 0.0581. The van der Waals surface area contributed by atoms with E-state index < -0.39 is 0 Å². The average molecular weight is 611 g/mol. The van der Waals surface area contributed by atoms with Gasteiger partial charge in [-0.25, -0.2) is 0 Å². The molecule has 8 rings (SSSR count). The molecule has 0 spiro atoms. The van der Waals surface area contributed by atoms with Gasteiger partial charge in [-0.2, -0.15) is 10.2 Å². The number of ether oxygens (including phenoxy) is 2. The van der Waals surface area contributed by atoms with Crippen molar-refractivity contribution in [3.05, 3.63) is 96.3 Å². The molecule has 11 heteroatoms. The highest BCUT2D eigenvalue weighted by Gasteiger charge is 2.42. The second kappa shape index (κ2) is 13.0. The fraction of sp³-hybridized carbons (Fsp3) is 0.441. The highest BCUT2D eigenvalue weighted by Crippen LogP contribution is 2.27. The van der Waals surface area contributed by atoms with Gasteiger partial charge >= 0.3 is 0 Å². The number of carbonyl (C=O) groups excluding carboxylic acids is 1. The van der Waals surface area contributed by atoms with Gasteiger partial charge in [-0.3, -0.25) is 19.1 Å². The summed E-state index contributed by atoms with van der Waals surface area (Å²) in [4.78, 5) is 20.5. The third kappa shape index (κ3) is 6.61. The van der Waals surface area contributed by atoms with Crippen LogP contribution in [-0.4, -0.2) is 120 Å². The van der Waals surface area contributed by atoms with Crippen molar-refractivity contribution in [2.45, 2.75) is 37.4 Å².